The molecule has 0 aliphatic carbocycles. The van der Waals surface area contributed by atoms with Gasteiger partial charge in [0.25, 0.3) is 18.1 Å². The summed E-state index contributed by atoms with van der Waals surface area (Å²) in [6.07, 6.45) is 0. The summed E-state index contributed by atoms with van der Waals surface area (Å²) in [6.45, 7) is 1.66. The number of aromatic nitrogens is 1. The number of hydrogen-bond acceptors (Lipinski definition) is 6. The highest BCUT2D eigenvalue weighted by Crippen LogP contribution is 2.38. The zero-order valence-electron chi connectivity index (χ0n) is 13.2. The first-order chi connectivity index (χ1) is 12.1. The van der Waals surface area contributed by atoms with Crippen LogP contribution in [0.5, 0.6) is 0 Å². The molecular weight excluding hydrogens is 421 g/mol. The lowest BCUT2D eigenvalue weighted by atomic mass is 9.99. The third-order valence-corrected chi connectivity index (χ3v) is 6.44. The van der Waals surface area contributed by atoms with Gasteiger partial charge in [0.1, 0.15) is 11.5 Å². The summed E-state index contributed by atoms with van der Waals surface area (Å²) in [5.41, 5.74) is 1.67. The highest BCUT2D eigenvalue weighted by atomic mass is 35.7. The Morgan fingerprint density at radius 2 is 1.50 bits per heavy atom. The Kier molecular flexibility index (Phi) is 4.87. The van der Waals surface area contributed by atoms with E-state index in [0.29, 0.717) is 16.9 Å². The average Bonchev–Trinajstić information content (AvgIpc) is 2.95. The Hall–Kier alpha value is -1.87. The van der Waals surface area contributed by atoms with E-state index in [4.69, 9.17) is 25.9 Å². The largest absolute Gasteiger partial charge is 0.360 e. The van der Waals surface area contributed by atoms with Gasteiger partial charge in [0.05, 0.1) is 15.4 Å². The molecular formula is C16H11Cl2NO5S2. The van der Waals surface area contributed by atoms with Crippen molar-refractivity contribution in [2.45, 2.75) is 16.7 Å². The van der Waals surface area contributed by atoms with Crippen molar-refractivity contribution in [1.29, 1.82) is 0 Å². The fourth-order valence-electron chi connectivity index (χ4n) is 2.55. The van der Waals surface area contributed by atoms with Gasteiger partial charge in [-0.15, -0.1) is 0 Å². The Balaban J connectivity index is 2.21. The Bertz CT molecular complexity index is 1180. The van der Waals surface area contributed by atoms with Crippen molar-refractivity contribution in [1.82, 2.24) is 5.16 Å². The molecule has 26 heavy (non-hydrogen) atoms. The maximum absolute atomic E-state index is 11.9. The van der Waals surface area contributed by atoms with E-state index >= 15 is 0 Å². The molecule has 0 saturated heterocycles. The lowest BCUT2D eigenvalue weighted by Gasteiger charge is -2.07. The molecule has 0 radical (unpaired) electrons. The standard InChI is InChI=1S/C16H11Cl2NO5S2/c1-10-15(11-6-8-12(9-7-11)25(17,20)21)16(19-24-10)13-4-2-3-5-14(13)26(18,22)23/h2-9H,1H3. The molecule has 10 heteroatoms. The van der Waals surface area contributed by atoms with E-state index in [-0.39, 0.29) is 21.0 Å². The molecule has 0 N–H and O–H groups in total. The lowest BCUT2D eigenvalue weighted by molar-refractivity contribution is 0.400. The van der Waals surface area contributed by atoms with Gasteiger partial charge < -0.3 is 4.52 Å². The van der Waals surface area contributed by atoms with E-state index in [9.17, 15) is 16.8 Å². The van der Waals surface area contributed by atoms with E-state index in [1.807, 2.05) is 0 Å². The number of benzene rings is 2. The van der Waals surface area contributed by atoms with Crippen LogP contribution in [0.15, 0.2) is 62.8 Å². The molecule has 0 unspecified atom stereocenters. The van der Waals surface area contributed by atoms with Gasteiger partial charge in [-0.1, -0.05) is 35.5 Å². The molecule has 1 heterocycles. The molecule has 0 saturated carbocycles. The summed E-state index contributed by atoms with van der Waals surface area (Å²) >= 11 is 0. The summed E-state index contributed by atoms with van der Waals surface area (Å²) in [7, 11) is 2.99. The summed E-state index contributed by atoms with van der Waals surface area (Å²) in [5, 5.41) is 3.97. The maximum atomic E-state index is 11.9. The van der Waals surface area contributed by atoms with Gasteiger partial charge in [0, 0.05) is 26.9 Å². The van der Waals surface area contributed by atoms with Crippen molar-refractivity contribution < 1.29 is 21.4 Å². The summed E-state index contributed by atoms with van der Waals surface area (Å²) in [6, 6.07) is 11.9. The van der Waals surface area contributed by atoms with Crippen molar-refractivity contribution in [3.63, 3.8) is 0 Å². The smallest absolute Gasteiger partial charge is 0.261 e. The third kappa shape index (κ3) is 3.64. The number of halogens is 2. The van der Waals surface area contributed by atoms with E-state index in [1.165, 1.54) is 30.3 Å². The minimum atomic E-state index is -4.00. The van der Waals surface area contributed by atoms with Gasteiger partial charge in [-0.05, 0) is 30.7 Å². The topological polar surface area (TPSA) is 94.3 Å². The second-order valence-electron chi connectivity index (χ2n) is 5.36. The van der Waals surface area contributed by atoms with Crippen LogP contribution in [0.4, 0.5) is 0 Å². The van der Waals surface area contributed by atoms with Gasteiger partial charge in [0.2, 0.25) is 0 Å². The van der Waals surface area contributed by atoms with Crippen LogP contribution in [0.25, 0.3) is 22.4 Å². The predicted molar refractivity (Wildman–Crippen MR) is 98.2 cm³/mol. The number of aryl methyl sites for hydroxylation is 1. The van der Waals surface area contributed by atoms with Crippen LogP contribution in [0.1, 0.15) is 5.76 Å². The molecule has 0 aliphatic rings. The maximum Gasteiger partial charge on any atom is 0.261 e. The second-order valence-corrected chi connectivity index (χ2v) is 10.5. The molecule has 0 amide bonds. The number of hydrogen-bond donors (Lipinski definition) is 0. The summed E-state index contributed by atoms with van der Waals surface area (Å²) in [4.78, 5) is -0.154. The van der Waals surface area contributed by atoms with E-state index in [2.05, 4.69) is 5.16 Å². The molecule has 6 nitrogen and oxygen atoms in total. The van der Waals surface area contributed by atoms with Crippen LogP contribution in [0.3, 0.4) is 0 Å². The molecule has 0 atom stereocenters. The molecule has 0 fully saturated rings. The normalized spacial score (nSPS) is 12.3. The average molecular weight is 432 g/mol. The van der Waals surface area contributed by atoms with Gasteiger partial charge in [-0.25, -0.2) is 16.8 Å². The van der Waals surface area contributed by atoms with Gasteiger partial charge in [0.15, 0.2) is 0 Å². The predicted octanol–water partition coefficient (Wildman–Crippen LogP) is 4.17. The molecule has 136 valence electrons. The van der Waals surface area contributed by atoms with Crippen LogP contribution < -0.4 is 0 Å². The first-order valence-electron chi connectivity index (χ1n) is 7.14. The van der Waals surface area contributed by atoms with E-state index < -0.39 is 18.1 Å². The number of rotatable bonds is 4. The minimum absolute atomic E-state index is 0.0534. The molecule has 0 aliphatic heterocycles. The second kappa shape index (κ2) is 6.70. The summed E-state index contributed by atoms with van der Waals surface area (Å²) < 4.78 is 51.8. The summed E-state index contributed by atoms with van der Waals surface area (Å²) in [5.74, 6) is 0.434. The van der Waals surface area contributed by atoms with Crippen LogP contribution in [-0.4, -0.2) is 22.0 Å². The Morgan fingerprint density at radius 3 is 2.08 bits per heavy atom. The van der Waals surface area contributed by atoms with E-state index in [0.717, 1.165) is 0 Å². The van der Waals surface area contributed by atoms with Crippen molar-refractivity contribution >= 4 is 39.5 Å². The minimum Gasteiger partial charge on any atom is -0.360 e. The fraction of sp³-hybridized carbons (Fsp3) is 0.0625. The van der Waals surface area contributed by atoms with Crippen LogP contribution in [0.2, 0.25) is 0 Å². The molecule has 3 rings (SSSR count). The monoisotopic (exact) mass is 431 g/mol. The quantitative estimate of drug-likeness (QED) is 0.575. The zero-order chi connectivity index (χ0) is 19.1. The molecule has 0 spiro atoms. The van der Waals surface area contributed by atoms with Gasteiger partial charge in [-0.2, -0.15) is 0 Å². The molecule has 2 aromatic carbocycles. The zero-order valence-corrected chi connectivity index (χ0v) is 16.3. The van der Waals surface area contributed by atoms with Crippen LogP contribution in [-0.2, 0) is 18.1 Å². The third-order valence-electron chi connectivity index (χ3n) is 3.69. The van der Waals surface area contributed by atoms with E-state index in [1.54, 1.807) is 25.1 Å². The molecule has 3 aromatic rings. The lowest BCUT2D eigenvalue weighted by Crippen LogP contribution is -1.96. The van der Waals surface area contributed by atoms with Crippen LogP contribution in [0, 0.1) is 6.92 Å². The van der Waals surface area contributed by atoms with Crippen LogP contribution >= 0.6 is 21.4 Å². The molecule has 0 bridgehead atoms. The highest BCUT2D eigenvalue weighted by Gasteiger charge is 2.23. The first-order valence-corrected chi connectivity index (χ1v) is 11.8. The SMILES string of the molecule is Cc1onc(-c2ccccc2S(=O)(=O)Cl)c1-c1ccc(S(=O)(=O)Cl)cc1. The fourth-order valence-corrected chi connectivity index (χ4v) is 4.40. The Labute approximate surface area is 159 Å². The van der Waals surface area contributed by atoms with Gasteiger partial charge >= 0.3 is 0 Å². The Morgan fingerprint density at radius 1 is 0.885 bits per heavy atom. The van der Waals surface area contributed by atoms with Gasteiger partial charge in [-0.3, -0.25) is 0 Å². The first kappa shape index (κ1) is 18.9. The number of nitrogens with zero attached hydrogens (tertiary/aromatic N) is 1. The highest BCUT2D eigenvalue weighted by molar-refractivity contribution is 8.14. The van der Waals surface area contributed by atoms with Crippen molar-refractivity contribution in [3.8, 4) is 22.4 Å². The molecule has 1 aromatic heterocycles. The van der Waals surface area contributed by atoms with Crippen molar-refractivity contribution in [2.24, 2.45) is 0 Å². The van der Waals surface area contributed by atoms with Crippen molar-refractivity contribution in [3.05, 3.63) is 54.3 Å². The van der Waals surface area contributed by atoms with Crippen molar-refractivity contribution in [2.75, 3.05) is 0 Å².